The molecule has 3 aromatic rings. The van der Waals surface area contributed by atoms with Gasteiger partial charge in [-0.1, -0.05) is 18.2 Å². The van der Waals surface area contributed by atoms with E-state index in [1.807, 2.05) is 42.6 Å². The summed E-state index contributed by atoms with van der Waals surface area (Å²) in [4.78, 5) is 28.5. The number of para-hydroxylation sites is 1. The summed E-state index contributed by atoms with van der Waals surface area (Å²) in [5.74, 6) is -0.819. The Morgan fingerprint density at radius 3 is 2.85 bits per heavy atom. The summed E-state index contributed by atoms with van der Waals surface area (Å²) in [6.07, 6.45) is 5.33. The number of halogens is 1. The van der Waals surface area contributed by atoms with E-state index in [0.717, 1.165) is 25.1 Å². The third-order valence-electron chi connectivity index (χ3n) is 3.89. The second-order valence-electron chi connectivity index (χ2n) is 5.62. The molecule has 2 N–H and O–H groups in total. The van der Waals surface area contributed by atoms with E-state index in [1.54, 1.807) is 6.08 Å². The zero-order valence-electron chi connectivity index (χ0n) is 14.0. The number of aromatic nitrogens is 1. The van der Waals surface area contributed by atoms with Crippen LogP contribution in [0.15, 0.2) is 52.5 Å². The average Bonchev–Trinajstić information content (AvgIpc) is 3.25. The van der Waals surface area contributed by atoms with E-state index in [1.165, 1.54) is 24.5 Å². The Balaban J connectivity index is 1.72. The first-order valence-corrected chi connectivity index (χ1v) is 9.54. The van der Waals surface area contributed by atoms with Gasteiger partial charge in [0, 0.05) is 34.5 Å². The van der Waals surface area contributed by atoms with Crippen LogP contribution in [0.2, 0.25) is 0 Å². The van der Waals surface area contributed by atoms with Crippen molar-refractivity contribution in [3.05, 3.63) is 62.9 Å². The number of hydrogen-bond donors (Lipinski definition) is 2. The first kappa shape index (κ1) is 18.4. The third kappa shape index (κ3) is 4.42. The van der Waals surface area contributed by atoms with Gasteiger partial charge in [0.05, 0.1) is 10.9 Å². The Hall–Kier alpha value is -2.38. The second-order valence-corrected chi connectivity index (χ2v) is 8.12. The summed E-state index contributed by atoms with van der Waals surface area (Å²) in [6.45, 7) is 0. The summed E-state index contributed by atoms with van der Waals surface area (Å²) in [6, 6.07) is 10.9. The zero-order chi connectivity index (χ0) is 18.5. The van der Waals surface area contributed by atoms with Crippen LogP contribution in [0.5, 0.6) is 0 Å². The number of esters is 1. The number of fused-ring (bicyclic) bond motifs is 1. The molecule has 0 saturated heterocycles. The number of aromatic amines is 1. The smallest absolute Gasteiger partial charge is 0.328 e. The molecule has 26 heavy (non-hydrogen) atoms. The SMILES string of the molecule is COC(=O)[C@@H](Cc1c[nH]c2ccccc12)NC(=O)/C=C/c1ccc(Br)s1. The molecule has 2 aromatic heterocycles. The van der Waals surface area contributed by atoms with Gasteiger partial charge in [-0.15, -0.1) is 11.3 Å². The Morgan fingerprint density at radius 2 is 2.12 bits per heavy atom. The lowest BCUT2D eigenvalue weighted by atomic mass is 10.0. The van der Waals surface area contributed by atoms with Gasteiger partial charge in [-0.05, 0) is 45.8 Å². The van der Waals surface area contributed by atoms with Gasteiger partial charge in [0.15, 0.2) is 0 Å². The van der Waals surface area contributed by atoms with Gasteiger partial charge < -0.3 is 15.0 Å². The van der Waals surface area contributed by atoms with Gasteiger partial charge in [-0.25, -0.2) is 4.79 Å². The number of benzene rings is 1. The van der Waals surface area contributed by atoms with Crippen LogP contribution in [0, 0.1) is 0 Å². The largest absolute Gasteiger partial charge is 0.467 e. The molecule has 7 heteroatoms. The molecule has 0 aliphatic heterocycles. The first-order chi connectivity index (χ1) is 12.6. The maximum atomic E-state index is 12.2. The molecule has 0 bridgehead atoms. The van der Waals surface area contributed by atoms with Crippen molar-refractivity contribution in [2.24, 2.45) is 0 Å². The van der Waals surface area contributed by atoms with Crippen LogP contribution in [0.4, 0.5) is 0 Å². The molecule has 0 aliphatic carbocycles. The maximum Gasteiger partial charge on any atom is 0.328 e. The Labute approximate surface area is 163 Å². The Bertz CT molecular complexity index is 961. The topological polar surface area (TPSA) is 71.2 Å². The first-order valence-electron chi connectivity index (χ1n) is 7.93. The summed E-state index contributed by atoms with van der Waals surface area (Å²) in [5, 5.41) is 3.75. The molecular weight excluding hydrogens is 416 g/mol. The third-order valence-corrected chi connectivity index (χ3v) is 5.48. The van der Waals surface area contributed by atoms with Gasteiger partial charge >= 0.3 is 5.97 Å². The predicted octanol–water partition coefficient (Wildman–Crippen LogP) is 3.91. The minimum atomic E-state index is -0.758. The minimum Gasteiger partial charge on any atom is -0.467 e. The fourth-order valence-corrected chi connectivity index (χ4v) is 3.98. The fraction of sp³-hybridized carbons (Fsp3) is 0.158. The molecule has 1 atom stereocenters. The molecule has 0 aliphatic rings. The van der Waals surface area contributed by atoms with Gasteiger partial charge in [0.2, 0.25) is 5.91 Å². The molecule has 3 rings (SSSR count). The summed E-state index contributed by atoms with van der Waals surface area (Å²) >= 11 is 4.90. The molecule has 5 nitrogen and oxygen atoms in total. The minimum absolute atomic E-state index is 0.343. The van der Waals surface area contributed by atoms with E-state index >= 15 is 0 Å². The van der Waals surface area contributed by atoms with Gasteiger partial charge in [-0.2, -0.15) is 0 Å². The summed E-state index contributed by atoms with van der Waals surface area (Å²) in [7, 11) is 1.32. The van der Waals surface area contributed by atoms with E-state index < -0.39 is 12.0 Å². The van der Waals surface area contributed by atoms with Crippen LogP contribution < -0.4 is 5.32 Å². The number of amides is 1. The number of rotatable bonds is 6. The number of carbonyl (C=O) groups is 2. The van der Waals surface area contributed by atoms with Crippen molar-refractivity contribution in [1.29, 1.82) is 0 Å². The molecule has 1 aromatic carbocycles. The zero-order valence-corrected chi connectivity index (χ0v) is 16.4. The van der Waals surface area contributed by atoms with Gasteiger partial charge in [0.1, 0.15) is 6.04 Å². The second kappa shape index (κ2) is 8.33. The van der Waals surface area contributed by atoms with Crippen LogP contribution in [0.3, 0.4) is 0 Å². The number of nitrogens with one attached hydrogen (secondary N) is 2. The van der Waals surface area contributed by atoms with Crippen molar-refractivity contribution in [1.82, 2.24) is 10.3 Å². The summed E-state index contributed by atoms with van der Waals surface area (Å²) < 4.78 is 5.84. The van der Waals surface area contributed by atoms with Crippen molar-refractivity contribution in [2.75, 3.05) is 7.11 Å². The van der Waals surface area contributed by atoms with Crippen molar-refractivity contribution in [3.8, 4) is 0 Å². The van der Waals surface area contributed by atoms with Crippen LogP contribution in [0.1, 0.15) is 10.4 Å². The number of thiophene rings is 1. The molecule has 0 spiro atoms. The number of hydrogen-bond acceptors (Lipinski definition) is 4. The highest BCUT2D eigenvalue weighted by Gasteiger charge is 2.22. The normalized spacial score (nSPS) is 12.4. The number of methoxy groups -OCH3 is 1. The van der Waals surface area contributed by atoms with E-state index in [0.29, 0.717) is 6.42 Å². The number of H-pyrrole nitrogens is 1. The van der Waals surface area contributed by atoms with Crippen molar-refractivity contribution in [2.45, 2.75) is 12.5 Å². The molecule has 1 amide bonds. The van der Waals surface area contributed by atoms with Crippen molar-refractivity contribution < 1.29 is 14.3 Å². The van der Waals surface area contributed by atoms with E-state index in [2.05, 4.69) is 26.2 Å². The van der Waals surface area contributed by atoms with Crippen LogP contribution >= 0.6 is 27.3 Å². The van der Waals surface area contributed by atoms with Gasteiger partial charge in [0.25, 0.3) is 0 Å². The summed E-state index contributed by atoms with van der Waals surface area (Å²) in [5.41, 5.74) is 1.93. The molecule has 0 unspecified atom stereocenters. The molecule has 134 valence electrons. The van der Waals surface area contributed by atoms with Crippen molar-refractivity contribution in [3.63, 3.8) is 0 Å². The Kier molecular flexibility index (Phi) is 5.90. The van der Waals surface area contributed by atoms with Crippen molar-refractivity contribution >= 4 is 56.1 Å². The predicted molar refractivity (Wildman–Crippen MR) is 107 cm³/mol. The maximum absolute atomic E-state index is 12.2. The van der Waals surface area contributed by atoms with Crippen LogP contribution in [0.25, 0.3) is 17.0 Å². The molecular formula is C19H17BrN2O3S. The van der Waals surface area contributed by atoms with Crippen LogP contribution in [-0.2, 0) is 20.7 Å². The average molecular weight is 433 g/mol. The molecule has 0 saturated carbocycles. The molecule has 0 radical (unpaired) electrons. The molecule has 0 fully saturated rings. The number of ether oxygens (including phenoxy) is 1. The lowest BCUT2D eigenvalue weighted by molar-refractivity contribution is -0.144. The quantitative estimate of drug-likeness (QED) is 0.458. The van der Waals surface area contributed by atoms with Gasteiger partial charge in [-0.3, -0.25) is 4.79 Å². The lowest BCUT2D eigenvalue weighted by Gasteiger charge is -2.15. The standard InChI is InChI=1S/C19H17BrN2O3S/c1-25-19(24)16(10-12-11-21-15-5-3-2-4-14(12)15)22-18(23)9-7-13-6-8-17(20)26-13/h2-9,11,16,21H,10H2,1H3,(H,22,23)/b9-7+/t16-/m1/s1. The highest BCUT2D eigenvalue weighted by atomic mass is 79.9. The molecule has 2 heterocycles. The fourth-order valence-electron chi connectivity index (χ4n) is 2.65. The van der Waals surface area contributed by atoms with Crippen LogP contribution in [-0.4, -0.2) is 30.0 Å². The van der Waals surface area contributed by atoms with E-state index in [9.17, 15) is 9.59 Å². The highest BCUT2D eigenvalue weighted by molar-refractivity contribution is 9.11. The highest BCUT2D eigenvalue weighted by Crippen LogP contribution is 2.23. The van der Waals surface area contributed by atoms with E-state index in [-0.39, 0.29) is 5.91 Å². The monoisotopic (exact) mass is 432 g/mol. The lowest BCUT2D eigenvalue weighted by Crippen LogP contribution is -2.42. The number of carbonyl (C=O) groups excluding carboxylic acids is 2. The van der Waals surface area contributed by atoms with E-state index in [4.69, 9.17) is 4.74 Å². The Morgan fingerprint density at radius 1 is 1.31 bits per heavy atom.